The molecule has 0 radical (unpaired) electrons. The molecule has 2 aliphatic rings. The van der Waals surface area contributed by atoms with Crippen LogP contribution in [0.25, 0.3) is 0 Å². The van der Waals surface area contributed by atoms with Crippen molar-refractivity contribution in [1.29, 1.82) is 0 Å². The van der Waals surface area contributed by atoms with E-state index in [2.05, 4.69) is 40.1 Å². The van der Waals surface area contributed by atoms with E-state index in [-0.39, 0.29) is 0 Å². The number of hydrogen-bond donors (Lipinski definition) is 0. The molecule has 1 saturated heterocycles. The largest absolute Gasteiger partial charge is 0.341 e. The molecule has 132 valence electrons. The molecule has 24 heavy (non-hydrogen) atoms. The summed E-state index contributed by atoms with van der Waals surface area (Å²) in [4.78, 5) is 17.3. The Morgan fingerprint density at radius 3 is 2.62 bits per heavy atom. The molecule has 1 aromatic carbocycles. The van der Waals surface area contributed by atoms with Gasteiger partial charge in [0.1, 0.15) is 0 Å². The van der Waals surface area contributed by atoms with E-state index in [4.69, 9.17) is 0 Å². The third-order valence-electron chi connectivity index (χ3n) is 5.86. The Bertz CT molecular complexity index is 510. The van der Waals surface area contributed by atoms with Crippen LogP contribution in [-0.2, 0) is 11.2 Å². The number of benzene rings is 1. The van der Waals surface area contributed by atoms with Gasteiger partial charge >= 0.3 is 0 Å². The SMILES string of the molecule is CN(C(=O)C1CCCC1)[C@@H]1CCCN(CCCc2ccccc2)C1. The van der Waals surface area contributed by atoms with E-state index < -0.39 is 0 Å². The number of rotatable bonds is 6. The molecule has 1 aliphatic carbocycles. The van der Waals surface area contributed by atoms with Crippen LogP contribution >= 0.6 is 0 Å². The number of carbonyl (C=O) groups excluding carboxylic acids is 1. The smallest absolute Gasteiger partial charge is 0.225 e. The number of piperidine rings is 1. The highest BCUT2D eigenvalue weighted by Gasteiger charge is 2.31. The third-order valence-corrected chi connectivity index (χ3v) is 5.86. The predicted molar refractivity (Wildman–Crippen MR) is 99.0 cm³/mol. The molecule has 0 unspecified atom stereocenters. The van der Waals surface area contributed by atoms with Crippen molar-refractivity contribution in [3.8, 4) is 0 Å². The first-order valence-corrected chi connectivity index (χ1v) is 9.77. The number of likely N-dealkylation sites (tertiary alicyclic amines) is 1. The number of amides is 1. The van der Waals surface area contributed by atoms with Gasteiger partial charge in [0.25, 0.3) is 0 Å². The molecule has 1 atom stereocenters. The van der Waals surface area contributed by atoms with Gasteiger partial charge < -0.3 is 9.80 Å². The second-order valence-corrected chi connectivity index (χ2v) is 7.62. The van der Waals surface area contributed by atoms with Gasteiger partial charge in [-0.2, -0.15) is 0 Å². The van der Waals surface area contributed by atoms with E-state index in [1.165, 1.54) is 44.2 Å². The van der Waals surface area contributed by atoms with E-state index in [0.717, 1.165) is 32.4 Å². The highest BCUT2D eigenvalue weighted by atomic mass is 16.2. The van der Waals surface area contributed by atoms with E-state index in [0.29, 0.717) is 17.9 Å². The van der Waals surface area contributed by atoms with E-state index >= 15 is 0 Å². The lowest BCUT2D eigenvalue weighted by molar-refractivity contribution is -0.137. The predicted octanol–water partition coefficient (Wildman–Crippen LogP) is 3.73. The average molecular weight is 328 g/mol. The Hall–Kier alpha value is -1.35. The van der Waals surface area contributed by atoms with Crippen LogP contribution < -0.4 is 0 Å². The molecule has 0 aromatic heterocycles. The van der Waals surface area contributed by atoms with Crippen LogP contribution in [0.3, 0.4) is 0 Å². The van der Waals surface area contributed by atoms with Crippen molar-refractivity contribution in [3.05, 3.63) is 35.9 Å². The summed E-state index contributed by atoms with van der Waals surface area (Å²) < 4.78 is 0. The standard InChI is InChI=1S/C21H32N2O/c1-22(21(24)19-12-5-6-13-19)20-14-8-16-23(17-20)15-7-11-18-9-3-2-4-10-18/h2-4,9-10,19-20H,5-8,11-17H2,1H3/t20-/m1/s1. The van der Waals surface area contributed by atoms with Crippen LogP contribution in [0.2, 0.25) is 0 Å². The van der Waals surface area contributed by atoms with Crippen molar-refractivity contribution < 1.29 is 4.79 Å². The second-order valence-electron chi connectivity index (χ2n) is 7.62. The first-order valence-electron chi connectivity index (χ1n) is 9.77. The van der Waals surface area contributed by atoms with Crippen LogP contribution in [0.4, 0.5) is 0 Å². The Balaban J connectivity index is 1.44. The molecule has 3 heteroatoms. The van der Waals surface area contributed by atoms with Gasteiger partial charge in [-0.05, 0) is 57.2 Å². The lowest BCUT2D eigenvalue weighted by atomic mass is 10.0. The number of aryl methyl sites for hydroxylation is 1. The molecule has 1 aromatic rings. The minimum atomic E-state index is 0.309. The summed E-state index contributed by atoms with van der Waals surface area (Å²) in [6, 6.07) is 11.2. The third kappa shape index (κ3) is 4.60. The fourth-order valence-electron chi connectivity index (χ4n) is 4.34. The zero-order valence-corrected chi connectivity index (χ0v) is 15.1. The van der Waals surface area contributed by atoms with Gasteiger partial charge in [-0.25, -0.2) is 0 Å². The summed E-state index contributed by atoms with van der Waals surface area (Å²) in [6.45, 7) is 3.40. The van der Waals surface area contributed by atoms with Crippen LogP contribution in [0, 0.1) is 5.92 Å². The van der Waals surface area contributed by atoms with Crippen molar-refractivity contribution in [2.75, 3.05) is 26.7 Å². The first kappa shape index (κ1) is 17.5. The Morgan fingerprint density at radius 1 is 1.12 bits per heavy atom. The van der Waals surface area contributed by atoms with Crippen LogP contribution in [-0.4, -0.2) is 48.4 Å². The molecule has 1 aliphatic heterocycles. The van der Waals surface area contributed by atoms with Crippen LogP contribution in [0.15, 0.2) is 30.3 Å². The van der Waals surface area contributed by atoms with Gasteiger partial charge in [-0.3, -0.25) is 4.79 Å². The van der Waals surface area contributed by atoms with Crippen LogP contribution in [0.1, 0.15) is 50.5 Å². The van der Waals surface area contributed by atoms with Crippen molar-refractivity contribution in [2.24, 2.45) is 5.92 Å². The molecular weight excluding hydrogens is 296 g/mol. The topological polar surface area (TPSA) is 23.6 Å². The van der Waals surface area contributed by atoms with Crippen molar-refractivity contribution in [1.82, 2.24) is 9.80 Å². The maximum atomic E-state index is 12.7. The summed E-state index contributed by atoms with van der Waals surface area (Å²) in [7, 11) is 2.04. The quantitative estimate of drug-likeness (QED) is 0.794. The van der Waals surface area contributed by atoms with Gasteiger partial charge in [0.15, 0.2) is 0 Å². The molecule has 3 rings (SSSR count). The zero-order valence-electron chi connectivity index (χ0n) is 15.1. The van der Waals surface area contributed by atoms with Gasteiger partial charge in [0, 0.05) is 25.6 Å². The lowest BCUT2D eigenvalue weighted by Crippen LogP contribution is -2.50. The Labute approximate surface area is 147 Å². The highest BCUT2D eigenvalue weighted by molar-refractivity contribution is 5.79. The highest BCUT2D eigenvalue weighted by Crippen LogP contribution is 2.28. The Kier molecular flexibility index (Phi) is 6.30. The van der Waals surface area contributed by atoms with E-state index in [1.807, 2.05) is 7.05 Å². The maximum Gasteiger partial charge on any atom is 0.225 e. The summed E-state index contributed by atoms with van der Waals surface area (Å²) in [5.41, 5.74) is 1.43. The molecule has 2 fully saturated rings. The molecule has 1 heterocycles. The van der Waals surface area contributed by atoms with E-state index in [1.54, 1.807) is 0 Å². The number of carbonyl (C=O) groups is 1. The van der Waals surface area contributed by atoms with E-state index in [9.17, 15) is 4.79 Å². The molecular formula is C21H32N2O. The Morgan fingerprint density at radius 2 is 1.88 bits per heavy atom. The minimum Gasteiger partial charge on any atom is -0.341 e. The average Bonchev–Trinajstić information content (AvgIpc) is 3.16. The maximum absolute atomic E-state index is 12.7. The molecule has 1 saturated carbocycles. The number of nitrogens with zero attached hydrogens (tertiary/aromatic N) is 2. The van der Waals surface area contributed by atoms with Crippen molar-refractivity contribution >= 4 is 5.91 Å². The summed E-state index contributed by atoms with van der Waals surface area (Å²) in [6.07, 6.45) is 9.44. The van der Waals surface area contributed by atoms with Gasteiger partial charge in [0.05, 0.1) is 0 Å². The molecule has 1 amide bonds. The summed E-state index contributed by atoms with van der Waals surface area (Å²) in [5, 5.41) is 0. The van der Waals surface area contributed by atoms with Gasteiger partial charge in [-0.1, -0.05) is 43.2 Å². The zero-order chi connectivity index (χ0) is 16.8. The minimum absolute atomic E-state index is 0.309. The van der Waals surface area contributed by atoms with Crippen molar-refractivity contribution in [3.63, 3.8) is 0 Å². The second kappa shape index (κ2) is 8.66. The summed E-state index contributed by atoms with van der Waals surface area (Å²) >= 11 is 0. The fraction of sp³-hybridized carbons (Fsp3) is 0.667. The molecule has 3 nitrogen and oxygen atoms in total. The van der Waals surface area contributed by atoms with Gasteiger partial charge in [0.2, 0.25) is 5.91 Å². The summed E-state index contributed by atoms with van der Waals surface area (Å²) in [5.74, 6) is 0.715. The first-order chi connectivity index (χ1) is 11.7. The fourth-order valence-corrected chi connectivity index (χ4v) is 4.34. The number of hydrogen-bond acceptors (Lipinski definition) is 2. The van der Waals surface area contributed by atoms with Crippen LogP contribution in [0.5, 0.6) is 0 Å². The normalized spacial score (nSPS) is 22.6. The molecule has 0 bridgehead atoms. The molecule has 0 spiro atoms. The number of likely N-dealkylation sites (N-methyl/N-ethyl adjacent to an activating group) is 1. The van der Waals surface area contributed by atoms with Gasteiger partial charge in [-0.15, -0.1) is 0 Å². The lowest BCUT2D eigenvalue weighted by Gasteiger charge is -2.38. The monoisotopic (exact) mass is 328 g/mol. The van der Waals surface area contributed by atoms with Crippen molar-refractivity contribution in [2.45, 2.75) is 57.4 Å². The molecule has 0 N–H and O–H groups in total.